The molecular formula is C9H18O2. The van der Waals surface area contributed by atoms with Gasteiger partial charge in [0.05, 0.1) is 0 Å². The van der Waals surface area contributed by atoms with Gasteiger partial charge in [-0.15, -0.1) is 0 Å². The monoisotopic (exact) mass is 158 g/mol. The second-order valence-corrected chi connectivity index (χ2v) is 3.54. The third-order valence-corrected chi connectivity index (χ3v) is 1.79. The number of ketones is 1. The summed E-state index contributed by atoms with van der Waals surface area (Å²) in [5, 5.41) is 9.60. The summed E-state index contributed by atoms with van der Waals surface area (Å²) in [6, 6.07) is 0. The summed E-state index contributed by atoms with van der Waals surface area (Å²) in [7, 11) is 0. The van der Waals surface area contributed by atoms with Gasteiger partial charge in [0, 0.05) is 5.92 Å². The predicted molar refractivity (Wildman–Crippen MR) is 45.4 cm³/mol. The highest BCUT2D eigenvalue weighted by Crippen LogP contribution is 2.17. The van der Waals surface area contributed by atoms with Crippen LogP contribution in [0.5, 0.6) is 0 Å². The molecule has 0 aliphatic rings. The maximum Gasteiger partial charge on any atom is 0.166 e. The Morgan fingerprint density at radius 1 is 1.55 bits per heavy atom. The summed E-state index contributed by atoms with van der Waals surface area (Å²) >= 11 is 0. The molecule has 2 nitrogen and oxygen atoms in total. The molecule has 0 saturated heterocycles. The Bertz CT molecular complexity index is 136. The molecule has 0 aliphatic heterocycles. The van der Waals surface area contributed by atoms with Crippen LogP contribution in [-0.2, 0) is 4.79 Å². The molecule has 1 unspecified atom stereocenters. The normalized spacial score (nSPS) is 16.5. The SMILES string of the molecule is CCCC(C)(O)C(=O)C(C)C. The summed E-state index contributed by atoms with van der Waals surface area (Å²) in [4.78, 5) is 11.3. The number of hydrogen-bond acceptors (Lipinski definition) is 2. The van der Waals surface area contributed by atoms with Crippen molar-refractivity contribution in [3.05, 3.63) is 0 Å². The van der Waals surface area contributed by atoms with E-state index in [0.717, 1.165) is 6.42 Å². The number of hydrogen-bond donors (Lipinski definition) is 1. The van der Waals surface area contributed by atoms with E-state index in [2.05, 4.69) is 0 Å². The van der Waals surface area contributed by atoms with Crippen LogP contribution in [0, 0.1) is 5.92 Å². The van der Waals surface area contributed by atoms with Crippen molar-refractivity contribution in [2.24, 2.45) is 5.92 Å². The van der Waals surface area contributed by atoms with Gasteiger partial charge < -0.3 is 5.11 Å². The second kappa shape index (κ2) is 3.86. The van der Waals surface area contributed by atoms with Gasteiger partial charge in [-0.3, -0.25) is 4.79 Å². The summed E-state index contributed by atoms with van der Waals surface area (Å²) in [6.45, 7) is 7.18. The lowest BCUT2D eigenvalue weighted by Crippen LogP contribution is -2.37. The van der Waals surface area contributed by atoms with Gasteiger partial charge >= 0.3 is 0 Å². The Kier molecular flexibility index (Phi) is 3.73. The maximum absolute atomic E-state index is 11.3. The molecule has 0 heterocycles. The van der Waals surface area contributed by atoms with Crippen LogP contribution in [0.3, 0.4) is 0 Å². The zero-order chi connectivity index (χ0) is 9.07. The van der Waals surface area contributed by atoms with Gasteiger partial charge in [0.15, 0.2) is 5.78 Å². The standard InChI is InChI=1S/C9H18O2/c1-5-6-9(4,11)8(10)7(2)3/h7,11H,5-6H2,1-4H3. The van der Waals surface area contributed by atoms with Crippen LogP contribution in [0.25, 0.3) is 0 Å². The third-order valence-electron chi connectivity index (χ3n) is 1.79. The van der Waals surface area contributed by atoms with Crippen molar-refractivity contribution in [3.8, 4) is 0 Å². The Hall–Kier alpha value is -0.370. The first kappa shape index (κ1) is 10.6. The molecule has 11 heavy (non-hydrogen) atoms. The molecule has 2 heteroatoms. The fourth-order valence-corrected chi connectivity index (χ4v) is 1.23. The molecule has 0 bridgehead atoms. The van der Waals surface area contributed by atoms with Crippen molar-refractivity contribution in [1.29, 1.82) is 0 Å². The van der Waals surface area contributed by atoms with E-state index < -0.39 is 5.60 Å². The van der Waals surface area contributed by atoms with E-state index in [1.807, 2.05) is 20.8 Å². The molecule has 0 amide bonds. The Morgan fingerprint density at radius 3 is 2.27 bits per heavy atom. The molecule has 1 N–H and O–H groups in total. The van der Waals surface area contributed by atoms with E-state index in [9.17, 15) is 9.90 Å². The average Bonchev–Trinajstić information content (AvgIpc) is 1.86. The fourth-order valence-electron chi connectivity index (χ4n) is 1.23. The average molecular weight is 158 g/mol. The fraction of sp³-hybridized carbons (Fsp3) is 0.889. The zero-order valence-corrected chi connectivity index (χ0v) is 7.85. The summed E-state index contributed by atoms with van der Waals surface area (Å²) in [5.41, 5.74) is -1.11. The highest BCUT2D eigenvalue weighted by Gasteiger charge is 2.30. The molecular weight excluding hydrogens is 140 g/mol. The smallest absolute Gasteiger partial charge is 0.166 e. The van der Waals surface area contributed by atoms with E-state index in [-0.39, 0.29) is 11.7 Å². The molecule has 0 aromatic carbocycles. The molecule has 1 atom stereocenters. The van der Waals surface area contributed by atoms with Gasteiger partial charge in [-0.05, 0) is 13.3 Å². The summed E-state index contributed by atoms with van der Waals surface area (Å²) in [6.07, 6.45) is 1.40. The lowest BCUT2D eigenvalue weighted by molar-refractivity contribution is -0.139. The van der Waals surface area contributed by atoms with Gasteiger partial charge in [-0.1, -0.05) is 27.2 Å². The van der Waals surface area contributed by atoms with Crippen molar-refractivity contribution >= 4 is 5.78 Å². The minimum atomic E-state index is -1.11. The van der Waals surface area contributed by atoms with E-state index in [4.69, 9.17) is 0 Å². The first-order chi connectivity index (χ1) is 4.91. The second-order valence-electron chi connectivity index (χ2n) is 3.54. The first-order valence-electron chi connectivity index (χ1n) is 4.18. The number of rotatable bonds is 4. The molecule has 0 fully saturated rings. The highest BCUT2D eigenvalue weighted by atomic mass is 16.3. The molecule has 0 saturated carbocycles. The van der Waals surface area contributed by atoms with Crippen LogP contribution < -0.4 is 0 Å². The summed E-state index contributed by atoms with van der Waals surface area (Å²) in [5.74, 6) is -0.129. The number of aliphatic hydroxyl groups is 1. The molecule has 0 radical (unpaired) electrons. The molecule has 0 spiro atoms. The molecule has 0 rings (SSSR count). The number of carbonyl (C=O) groups excluding carboxylic acids is 1. The van der Waals surface area contributed by atoms with Crippen LogP contribution in [0.2, 0.25) is 0 Å². The Balaban J connectivity index is 4.17. The van der Waals surface area contributed by atoms with Crippen molar-refractivity contribution in [3.63, 3.8) is 0 Å². The van der Waals surface area contributed by atoms with Crippen molar-refractivity contribution in [2.45, 2.75) is 46.1 Å². The Labute approximate surface area is 68.6 Å². The number of Topliss-reactive ketones (excluding diaryl/α,β-unsaturated/α-hetero) is 1. The van der Waals surface area contributed by atoms with Crippen LogP contribution in [0.15, 0.2) is 0 Å². The molecule has 0 aliphatic carbocycles. The van der Waals surface area contributed by atoms with E-state index in [1.165, 1.54) is 0 Å². The van der Waals surface area contributed by atoms with E-state index in [0.29, 0.717) is 6.42 Å². The van der Waals surface area contributed by atoms with Crippen molar-refractivity contribution in [1.82, 2.24) is 0 Å². The molecule has 0 aromatic rings. The number of carbonyl (C=O) groups is 1. The largest absolute Gasteiger partial charge is 0.382 e. The third kappa shape index (κ3) is 3.02. The molecule has 0 aromatic heterocycles. The zero-order valence-electron chi connectivity index (χ0n) is 7.85. The van der Waals surface area contributed by atoms with E-state index >= 15 is 0 Å². The van der Waals surface area contributed by atoms with Crippen molar-refractivity contribution in [2.75, 3.05) is 0 Å². The molecule has 66 valence electrons. The van der Waals surface area contributed by atoms with Gasteiger partial charge in [0.2, 0.25) is 0 Å². The van der Waals surface area contributed by atoms with E-state index in [1.54, 1.807) is 6.92 Å². The predicted octanol–water partition coefficient (Wildman–Crippen LogP) is 1.76. The lowest BCUT2D eigenvalue weighted by atomic mass is 9.89. The lowest BCUT2D eigenvalue weighted by Gasteiger charge is -2.22. The van der Waals surface area contributed by atoms with Crippen LogP contribution in [0.1, 0.15) is 40.5 Å². The first-order valence-corrected chi connectivity index (χ1v) is 4.18. The van der Waals surface area contributed by atoms with Crippen LogP contribution in [0.4, 0.5) is 0 Å². The minimum absolute atomic E-state index is 0.0562. The quantitative estimate of drug-likeness (QED) is 0.677. The highest BCUT2D eigenvalue weighted by molar-refractivity contribution is 5.88. The minimum Gasteiger partial charge on any atom is -0.382 e. The van der Waals surface area contributed by atoms with Crippen LogP contribution >= 0.6 is 0 Å². The Morgan fingerprint density at radius 2 is 2.00 bits per heavy atom. The topological polar surface area (TPSA) is 37.3 Å². The van der Waals surface area contributed by atoms with Gasteiger partial charge in [-0.2, -0.15) is 0 Å². The van der Waals surface area contributed by atoms with Crippen molar-refractivity contribution < 1.29 is 9.90 Å². The van der Waals surface area contributed by atoms with Crippen LogP contribution in [-0.4, -0.2) is 16.5 Å². The maximum atomic E-state index is 11.3. The van der Waals surface area contributed by atoms with Gasteiger partial charge in [0.1, 0.15) is 5.60 Å². The van der Waals surface area contributed by atoms with Gasteiger partial charge in [-0.25, -0.2) is 0 Å². The van der Waals surface area contributed by atoms with Gasteiger partial charge in [0.25, 0.3) is 0 Å². The summed E-state index contributed by atoms with van der Waals surface area (Å²) < 4.78 is 0.